The molecular formula is C12H23N3O2. The van der Waals surface area contributed by atoms with Crippen LogP contribution in [0.1, 0.15) is 18.3 Å². The van der Waals surface area contributed by atoms with Crippen molar-refractivity contribution in [3.05, 3.63) is 17.5 Å². The lowest BCUT2D eigenvalue weighted by atomic mass is 10.3. The lowest BCUT2D eigenvalue weighted by molar-refractivity contribution is 0.0414. The highest BCUT2D eigenvalue weighted by atomic mass is 16.5. The van der Waals surface area contributed by atoms with E-state index in [1.165, 1.54) is 5.69 Å². The quantitative estimate of drug-likeness (QED) is 0.761. The Kier molecular flexibility index (Phi) is 5.61. The summed E-state index contributed by atoms with van der Waals surface area (Å²) >= 11 is 0. The van der Waals surface area contributed by atoms with Crippen LogP contribution in [0.4, 0.5) is 0 Å². The first-order valence-corrected chi connectivity index (χ1v) is 5.95. The number of nitrogens with zero attached hydrogens (tertiary/aromatic N) is 3. The van der Waals surface area contributed by atoms with Gasteiger partial charge in [-0.3, -0.25) is 9.58 Å². The van der Waals surface area contributed by atoms with Crippen LogP contribution in [0, 0.1) is 6.92 Å². The molecule has 1 heterocycles. The molecule has 0 aliphatic rings. The molecule has 5 nitrogen and oxygen atoms in total. The second-order valence-corrected chi connectivity index (χ2v) is 4.40. The van der Waals surface area contributed by atoms with Crippen molar-refractivity contribution < 1.29 is 9.84 Å². The summed E-state index contributed by atoms with van der Waals surface area (Å²) in [6, 6.07) is 2.09. The number of hydrogen-bond acceptors (Lipinski definition) is 4. The van der Waals surface area contributed by atoms with Gasteiger partial charge in [0.15, 0.2) is 0 Å². The SMILES string of the molecule is CCn1nc(C)cc1CN(C)CC(O)COC. The van der Waals surface area contributed by atoms with Crippen LogP contribution < -0.4 is 0 Å². The van der Waals surface area contributed by atoms with Gasteiger partial charge in [-0.2, -0.15) is 5.10 Å². The van der Waals surface area contributed by atoms with Gasteiger partial charge in [0.1, 0.15) is 0 Å². The monoisotopic (exact) mass is 241 g/mol. The highest BCUT2D eigenvalue weighted by Crippen LogP contribution is 2.07. The Morgan fingerprint density at radius 2 is 2.29 bits per heavy atom. The first-order chi connectivity index (χ1) is 8.06. The van der Waals surface area contributed by atoms with Crippen molar-refractivity contribution in [3.63, 3.8) is 0 Å². The van der Waals surface area contributed by atoms with E-state index in [0.29, 0.717) is 13.2 Å². The lowest BCUT2D eigenvalue weighted by Crippen LogP contribution is -2.32. The third-order valence-electron chi connectivity index (χ3n) is 2.60. The van der Waals surface area contributed by atoms with Gasteiger partial charge in [-0.05, 0) is 27.0 Å². The predicted octanol–water partition coefficient (Wildman–Crippen LogP) is 0.651. The van der Waals surface area contributed by atoms with Crippen molar-refractivity contribution in [3.8, 4) is 0 Å². The molecule has 1 unspecified atom stereocenters. The van der Waals surface area contributed by atoms with E-state index in [4.69, 9.17) is 4.74 Å². The molecule has 0 amide bonds. The van der Waals surface area contributed by atoms with Crippen LogP contribution in [0.25, 0.3) is 0 Å². The van der Waals surface area contributed by atoms with E-state index >= 15 is 0 Å². The van der Waals surface area contributed by atoms with Gasteiger partial charge in [-0.25, -0.2) is 0 Å². The second-order valence-electron chi connectivity index (χ2n) is 4.40. The molecule has 0 aliphatic heterocycles. The number of rotatable bonds is 7. The Hall–Kier alpha value is -0.910. The van der Waals surface area contributed by atoms with Crippen LogP contribution in [0.3, 0.4) is 0 Å². The topological polar surface area (TPSA) is 50.5 Å². The number of ether oxygens (including phenoxy) is 1. The molecule has 0 fully saturated rings. The largest absolute Gasteiger partial charge is 0.389 e. The fourth-order valence-electron chi connectivity index (χ4n) is 1.95. The zero-order chi connectivity index (χ0) is 12.8. The first-order valence-electron chi connectivity index (χ1n) is 5.95. The van der Waals surface area contributed by atoms with Crippen molar-refractivity contribution in [1.29, 1.82) is 0 Å². The van der Waals surface area contributed by atoms with Crippen LogP contribution in [0.15, 0.2) is 6.07 Å². The Morgan fingerprint density at radius 3 is 2.88 bits per heavy atom. The summed E-state index contributed by atoms with van der Waals surface area (Å²) in [6.07, 6.45) is -0.441. The molecule has 0 aliphatic carbocycles. The average molecular weight is 241 g/mol. The average Bonchev–Trinajstić information content (AvgIpc) is 2.58. The van der Waals surface area contributed by atoms with Gasteiger partial charge in [0.25, 0.3) is 0 Å². The molecule has 5 heteroatoms. The van der Waals surface area contributed by atoms with Gasteiger partial charge >= 0.3 is 0 Å². The van der Waals surface area contributed by atoms with E-state index in [-0.39, 0.29) is 0 Å². The smallest absolute Gasteiger partial charge is 0.0900 e. The van der Waals surface area contributed by atoms with Crippen LogP contribution in [-0.2, 0) is 17.8 Å². The van der Waals surface area contributed by atoms with Crippen LogP contribution in [-0.4, -0.2) is 53.2 Å². The number of hydrogen-bond donors (Lipinski definition) is 1. The summed E-state index contributed by atoms with van der Waals surface area (Å²) in [5.74, 6) is 0. The van der Waals surface area contributed by atoms with E-state index in [0.717, 1.165) is 18.8 Å². The van der Waals surface area contributed by atoms with Gasteiger partial charge < -0.3 is 9.84 Å². The number of methoxy groups -OCH3 is 1. The normalized spacial score (nSPS) is 13.3. The first kappa shape index (κ1) is 14.2. The molecule has 0 bridgehead atoms. The van der Waals surface area contributed by atoms with E-state index in [9.17, 15) is 5.11 Å². The van der Waals surface area contributed by atoms with E-state index < -0.39 is 6.10 Å². The molecule has 0 aromatic carbocycles. The third kappa shape index (κ3) is 4.46. The van der Waals surface area contributed by atoms with Gasteiger partial charge in [0, 0.05) is 26.7 Å². The lowest BCUT2D eigenvalue weighted by Gasteiger charge is -2.20. The maximum Gasteiger partial charge on any atom is 0.0900 e. The fourth-order valence-corrected chi connectivity index (χ4v) is 1.95. The third-order valence-corrected chi connectivity index (χ3v) is 2.60. The van der Waals surface area contributed by atoms with Gasteiger partial charge in [-0.1, -0.05) is 0 Å². The van der Waals surface area contributed by atoms with Crippen molar-refractivity contribution in [1.82, 2.24) is 14.7 Å². The molecule has 0 saturated carbocycles. The molecule has 0 spiro atoms. The molecule has 17 heavy (non-hydrogen) atoms. The van der Waals surface area contributed by atoms with Gasteiger partial charge in [-0.15, -0.1) is 0 Å². The van der Waals surface area contributed by atoms with Gasteiger partial charge in [0.05, 0.1) is 24.1 Å². The van der Waals surface area contributed by atoms with Crippen molar-refractivity contribution in [2.24, 2.45) is 0 Å². The minimum Gasteiger partial charge on any atom is -0.389 e. The summed E-state index contributed by atoms with van der Waals surface area (Å²) in [6.45, 7) is 6.70. The Morgan fingerprint density at radius 1 is 1.59 bits per heavy atom. The van der Waals surface area contributed by atoms with Crippen LogP contribution >= 0.6 is 0 Å². The predicted molar refractivity (Wildman–Crippen MR) is 66.9 cm³/mol. The summed E-state index contributed by atoms with van der Waals surface area (Å²) in [5.41, 5.74) is 2.21. The number of aromatic nitrogens is 2. The van der Waals surface area contributed by atoms with Crippen LogP contribution in [0.5, 0.6) is 0 Å². The minimum absolute atomic E-state index is 0.371. The molecule has 0 saturated heterocycles. The minimum atomic E-state index is -0.441. The standard InChI is InChI=1S/C12H23N3O2/c1-5-15-11(6-10(2)13-15)7-14(3)8-12(16)9-17-4/h6,12,16H,5,7-9H2,1-4H3. The van der Waals surface area contributed by atoms with E-state index in [1.54, 1.807) is 7.11 Å². The van der Waals surface area contributed by atoms with Crippen molar-refractivity contribution in [2.75, 3.05) is 27.3 Å². The molecule has 1 atom stereocenters. The summed E-state index contributed by atoms with van der Waals surface area (Å²) < 4.78 is 6.90. The maximum atomic E-state index is 9.64. The summed E-state index contributed by atoms with van der Waals surface area (Å²) in [4.78, 5) is 2.08. The number of aliphatic hydroxyl groups excluding tert-OH is 1. The zero-order valence-corrected chi connectivity index (χ0v) is 11.2. The Labute approximate surface area is 103 Å². The maximum absolute atomic E-state index is 9.64. The highest BCUT2D eigenvalue weighted by Gasteiger charge is 2.11. The Balaban J connectivity index is 2.52. The number of aliphatic hydroxyl groups is 1. The van der Waals surface area contributed by atoms with Crippen LogP contribution in [0.2, 0.25) is 0 Å². The molecule has 1 aromatic heterocycles. The molecular weight excluding hydrogens is 218 g/mol. The molecule has 98 valence electrons. The van der Waals surface area contributed by atoms with Crippen molar-refractivity contribution in [2.45, 2.75) is 33.0 Å². The van der Waals surface area contributed by atoms with Gasteiger partial charge in [0.2, 0.25) is 0 Å². The molecule has 1 rings (SSSR count). The zero-order valence-electron chi connectivity index (χ0n) is 11.2. The summed E-state index contributed by atoms with van der Waals surface area (Å²) in [7, 11) is 3.58. The molecule has 1 N–H and O–H groups in total. The highest BCUT2D eigenvalue weighted by molar-refractivity contribution is 5.08. The van der Waals surface area contributed by atoms with E-state index in [2.05, 4.69) is 23.0 Å². The van der Waals surface area contributed by atoms with E-state index in [1.807, 2.05) is 18.7 Å². The fraction of sp³-hybridized carbons (Fsp3) is 0.750. The summed E-state index contributed by atoms with van der Waals surface area (Å²) in [5, 5.41) is 14.0. The van der Waals surface area contributed by atoms with Crippen molar-refractivity contribution >= 4 is 0 Å². The number of aryl methyl sites for hydroxylation is 2. The number of likely N-dealkylation sites (N-methyl/N-ethyl adjacent to an activating group) is 1. The molecule has 0 radical (unpaired) electrons. The molecule has 1 aromatic rings. The second kappa shape index (κ2) is 6.74. The Bertz CT molecular complexity index is 338.